The molecule has 0 fully saturated rings. The molecular weight excluding hydrogens is 991 g/mol. The number of halogens is 2. The molecule has 71 heavy (non-hydrogen) atoms. The molecule has 1 N–H and O–H groups in total. The molecule has 0 bridgehead atoms. The van der Waals surface area contributed by atoms with Gasteiger partial charge in [-0.25, -0.2) is 0 Å². The Kier molecular flexibility index (Phi) is 14.8. The minimum atomic E-state index is 1.08. The summed E-state index contributed by atoms with van der Waals surface area (Å²) in [5.41, 5.74) is 17.1. The van der Waals surface area contributed by atoms with Crippen LogP contribution in [0.25, 0.3) is 88.3 Å². The third-order valence-electron chi connectivity index (χ3n) is 12.6. The fourth-order valence-corrected chi connectivity index (χ4v) is 9.67. The molecule has 0 spiro atoms. The predicted molar refractivity (Wildman–Crippen MR) is 312 cm³/mol. The van der Waals surface area contributed by atoms with Crippen LogP contribution in [0.2, 0.25) is 0 Å². The summed E-state index contributed by atoms with van der Waals surface area (Å²) in [6, 6.07) is 102. The van der Waals surface area contributed by atoms with Crippen LogP contribution in [0.5, 0.6) is 0 Å². The van der Waals surface area contributed by atoms with Crippen LogP contribution >= 0.6 is 31.9 Å². The zero-order chi connectivity index (χ0) is 48.2. The van der Waals surface area contributed by atoms with Crippen LogP contribution in [-0.2, 0) is 0 Å². The van der Waals surface area contributed by atoms with Crippen LogP contribution in [-0.4, -0.2) is 0 Å². The van der Waals surface area contributed by atoms with Gasteiger partial charge < -0.3 is 5.32 Å². The Morgan fingerprint density at radius 3 is 0.930 bits per heavy atom. The summed E-state index contributed by atoms with van der Waals surface area (Å²) in [6.07, 6.45) is 0. The quantitative estimate of drug-likeness (QED) is 0.160. The third-order valence-corrected chi connectivity index (χ3v) is 13.8. The molecular formula is C68H49Br2N. The van der Waals surface area contributed by atoms with Gasteiger partial charge in [0.2, 0.25) is 0 Å². The van der Waals surface area contributed by atoms with Crippen LogP contribution in [0, 0.1) is 0 Å². The molecule has 0 aromatic heterocycles. The van der Waals surface area contributed by atoms with E-state index in [9.17, 15) is 0 Å². The van der Waals surface area contributed by atoms with Crippen molar-refractivity contribution in [2.75, 3.05) is 5.32 Å². The summed E-state index contributed by atoms with van der Waals surface area (Å²) in [5, 5.41) is 8.64. The van der Waals surface area contributed by atoms with E-state index in [0.29, 0.717) is 0 Å². The van der Waals surface area contributed by atoms with Crippen molar-refractivity contribution in [1.29, 1.82) is 0 Å². The smallest absolute Gasteiger partial charge is 0.0464 e. The molecule has 0 heterocycles. The molecule has 0 amide bonds. The maximum atomic E-state index is 3.63. The number of benzene rings is 12. The van der Waals surface area contributed by atoms with E-state index in [1.807, 2.05) is 18.2 Å². The van der Waals surface area contributed by atoms with Crippen molar-refractivity contribution in [2.45, 2.75) is 0 Å². The van der Waals surface area contributed by atoms with Crippen LogP contribution in [0.1, 0.15) is 0 Å². The van der Waals surface area contributed by atoms with Gasteiger partial charge in [-0.2, -0.15) is 0 Å². The van der Waals surface area contributed by atoms with Crippen molar-refractivity contribution >= 4 is 64.8 Å². The summed E-state index contributed by atoms with van der Waals surface area (Å²) >= 11 is 7.06. The molecule has 12 aromatic carbocycles. The van der Waals surface area contributed by atoms with Gasteiger partial charge in [0.25, 0.3) is 0 Å². The number of hydrogen-bond acceptors (Lipinski definition) is 1. The Labute approximate surface area is 434 Å². The van der Waals surface area contributed by atoms with Crippen molar-refractivity contribution in [3.8, 4) is 66.8 Å². The SMILES string of the molecule is Brc1ccc(-c2ccc(-c3ccccc3)cc2)cc1.Brc1ccc(-c2ccccc2)c2ccccc12.c1ccc(-c2ccc(-c3ccc(Nc4ccc(-c5ccccc5)c5ccccc45)cc3)cc2)cc1. The number of hydrogen-bond donors (Lipinski definition) is 1. The number of fused-ring (bicyclic) bond motifs is 2. The van der Waals surface area contributed by atoms with Crippen LogP contribution in [0.15, 0.2) is 300 Å². The Bertz CT molecular complexity index is 3620. The highest BCUT2D eigenvalue weighted by Gasteiger charge is 2.09. The van der Waals surface area contributed by atoms with Gasteiger partial charge in [-0.3, -0.25) is 0 Å². The normalized spacial score (nSPS) is 10.7. The zero-order valence-electron chi connectivity index (χ0n) is 39.0. The average molecular weight is 1040 g/mol. The molecule has 0 saturated carbocycles. The predicted octanol–water partition coefficient (Wildman–Crippen LogP) is 20.6. The Hall–Kier alpha value is -8.08. The molecule has 340 valence electrons. The zero-order valence-corrected chi connectivity index (χ0v) is 42.1. The van der Waals surface area contributed by atoms with Gasteiger partial charge >= 0.3 is 0 Å². The second-order valence-corrected chi connectivity index (χ2v) is 18.9. The summed E-state index contributed by atoms with van der Waals surface area (Å²) in [4.78, 5) is 0. The molecule has 0 aliphatic rings. The van der Waals surface area contributed by atoms with Gasteiger partial charge in [-0.05, 0) is 119 Å². The molecule has 0 aliphatic heterocycles. The van der Waals surface area contributed by atoms with E-state index in [-0.39, 0.29) is 0 Å². The third kappa shape index (κ3) is 11.4. The summed E-state index contributed by atoms with van der Waals surface area (Å²) in [6.45, 7) is 0. The molecule has 12 rings (SSSR count). The van der Waals surface area contributed by atoms with Crippen molar-refractivity contribution in [2.24, 2.45) is 0 Å². The van der Waals surface area contributed by atoms with Gasteiger partial charge in [-0.1, -0.05) is 287 Å². The minimum absolute atomic E-state index is 1.08. The highest BCUT2D eigenvalue weighted by molar-refractivity contribution is 9.11. The summed E-state index contributed by atoms with van der Waals surface area (Å²) in [7, 11) is 0. The van der Waals surface area contributed by atoms with Crippen LogP contribution < -0.4 is 5.32 Å². The second kappa shape index (κ2) is 22.6. The van der Waals surface area contributed by atoms with Crippen molar-refractivity contribution in [3.05, 3.63) is 300 Å². The molecule has 0 saturated heterocycles. The van der Waals surface area contributed by atoms with Crippen LogP contribution in [0.3, 0.4) is 0 Å². The maximum absolute atomic E-state index is 3.63. The maximum Gasteiger partial charge on any atom is 0.0464 e. The van der Waals surface area contributed by atoms with Crippen LogP contribution in [0.4, 0.5) is 11.4 Å². The topological polar surface area (TPSA) is 12.0 Å². The molecule has 0 atom stereocenters. The largest absolute Gasteiger partial charge is 0.355 e. The molecule has 0 unspecified atom stereocenters. The monoisotopic (exact) mass is 1040 g/mol. The first kappa shape index (κ1) is 46.6. The van der Waals surface area contributed by atoms with Gasteiger partial charge in [0, 0.05) is 25.7 Å². The van der Waals surface area contributed by atoms with Crippen molar-refractivity contribution in [3.63, 3.8) is 0 Å². The van der Waals surface area contributed by atoms with E-state index in [1.165, 1.54) is 88.3 Å². The minimum Gasteiger partial charge on any atom is -0.355 e. The second-order valence-electron chi connectivity index (χ2n) is 17.2. The van der Waals surface area contributed by atoms with E-state index in [2.05, 4.69) is 310 Å². The molecule has 12 aromatic rings. The first-order valence-electron chi connectivity index (χ1n) is 23.8. The first-order valence-corrected chi connectivity index (χ1v) is 25.4. The van der Waals surface area contributed by atoms with Crippen molar-refractivity contribution < 1.29 is 0 Å². The van der Waals surface area contributed by atoms with E-state index < -0.39 is 0 Å². The summed E-state index contributed by atoms with van der Waals surface area (Å²) < 4.78 is 2.25. The Morgan fingerprint density at radius 2 is 0.507 bits per heavy atom. The Balaban J connectivity index is 0.000000136. The highest BCUT2D eigenvalue weighted by atomic mass is 79.9. The number of rotatable bonds is 8. The molecule has 0 aliphatic carbocycles. The van der Waals surface area contributed by atoms with Crippen molar-refractivity contribution in [1.82, 2.24) is 0 Å². The summed E-state index contributed by atoms with van der Waals surface area (Å²) in [5.74, 6) is 0. The highest BCUT2D eigenvalue weighted by Crippen LogP contribution is 2.36. The average Bonchev–Trinajstić information content (AvgIpc) is 3.45. The van der Waals surface area contributed by atoms with Gasteiger partial charge in [0.1, 0.15) is 0 Å². The van der Waals surface area contributed by atoms with E-state index in [4.69, 9.17) is 0 Å². The first-order chi connectivity index (χ1) is 35.0. The lowest BCUT2D eigenvalue weighted by molar-refractivity contribution is 1.55. The fourth-order valence-electron chi connectivity index (χ4n) is 8.92. The van der Waals surface area contributed by atoms with E-state index in [1.54, 1.807) is 0 Å². The number of anilines is 2. The molecule has 0 radical (unpaired) electrons. The standard InChI is InChI=1S/C34H25N.C18H13Br.C16H11Br/c1-3-9-25(10-4-1)26-15-17-27(18-16-26)28-19-21-30(22-20-28)35-34-24-23-31(29-11-5-2-6-12-29)32-13-7-8-14-33(32)34;19-18-12-10-17(11-13-18)16-8-6-15(7-9-16)14-4-2-1-3-5-14;17-16-11-10-13(12-6-2-1-3-7-12)14-8-4-5-9-15(14)16/h1-24,35H;1-13H;1-11H. The lowest BCUT2D eigenvalue weighted by Gasteiger charge is -2.14. The van der Waals surface area contributed by atoms with Gasteiger partial charge in [0.15, 0.2) is 0 Å². The number of nitrogens with one attached hydrogen (secondary N) is 1. The van der Waals surface area contributed by atoms with Gasteiger partial charge in [0.05, 0.1) is 0 Å². The van der Waals surface area contributed by atoms with E-state index in [0.717, 1.165) is 20.3 Å². The van der Waals surface area contributed by atoms with Gasteiger partial charge in [-0.15, -0.1) is 0 Å². The molecule has 3 heteroatoms. The Morgan fingerprint density at radius 1 is 0.211 bits per heavy atom. The lowest BCUT2D eigenvalue weighted by atomic mass is 9.97. The lowest BCUT2D eigenvalue weighted by Crippen LogP contribution is -1.93. The van der Waals surface area contributed by atoms with E-state index >= 15 is 0 Å². The fraction of sp³-hybridized carbons (Fsp3) is 0. The molecule has 1 nitrogen and oxygen atoms in total.